The smallest absolute Gasteiger partial charge is 0.0572 e. The Labute approximate surface area is 130 Å². The lowest BCUT2D eigenvalue weighted by Gasteiger charge is -2.37. The van der Waals surface area contributed by atoms with Crippen molar-refractivity contribution in [3.63, 3.8) is 0 Å². The fraction of sp³-hybridized carbons (Fsp3) is 1.00. The molecule has 5 nitrogen and oxygen atoms in total. The molecule has 20 heavy (non-hydrogen) atoms. The second-order valence-electron chi connectivity index (χ2n) is 6.66. The van der Waals surface area contributed by atoms with Crippen molar-refractivity contribution < 1.29 is 4.74 Å². The Kier molecular flexibility index (Phi) is 4.69. The van der Waals surface area contributed by atoms with Gasteiger partial charge in [0.05, 0.1) is 12.1 Å². The summed E-state index contributed by atoms with van der Waals surface area (Å²) in [5.41, 5.74) is 13.6. The first kappa shape index (κ1) is 15.2. The Balaban J connectivity index is 1.59. The van der Waals surface area contributed by atoms with E-state index in [4.69, 9.17) is 10.5 Å². The van der Waals surface area contributed by atoms with Gasteiger partial charge >= 0.3 is 0 Å². The average Bonchev–Trinajstić information content (AvgIpc) is 2.89. The Morgan fingerprint density at radius 2 is 1.90 bits per heavy atom. The molecule has 5 atom stereocenters. The second-order valence-corrected chi connectivity index (χ2v) is 7.72. The van der Waals surface area contributed by atoms with Crippen LogP contribution >= 0.6 is 15.9 Å². The van der Waals surface area contributed by atoms with Crippen molar-refractivity contribution in [3.8, 4) is 0 Å². The summed E-state index contributed by atoms with van der Waals surface area (Å²) in [7, 11) is 1.82. The molecule has 2 aliphatic carbocycles. The van der Waals surface area contributed by atoms with Gasteiger partial charge in [-0.1, -0.05) is 22.9 Å². The quantitative estimate of drug-likeness (QED) is 0.654. The van der Waals surface area contributed by atoms with Gasteiger partial charge in [-0.3, -0.25) is 0 Å². The molecular formula is C14H27BrN4O. The van der Waals surface area contributed by atoms with E-state index in [0.29, 0.717) is 35.0 Å². The number of methoxy groups -OCH3 is 1. The second kappa shape index (κ2) is 6.18. The minimum absolute atomic E-state index is 0.231. The minimum atomic E-state index is 0.231. The summed E-state index contributed by atoms with van der Waals surface area (Å²) in [5, 5.41) is 2.26. The third-order valence-corrected chi connectivity index (χ3v) is 6.54. The first-order valence-electron chi connectivity index (χ1n) is 7.84. The zero-order valence-electron chi connectivity index (χ0n) is 12.4. The van der Waals surface area contributed by atoms with Crippen molar-refractivity contribution >= 4 is 15.9 Å². The lowest BCUT2D eigenvalue weighted by molar-refractivity contribution is 0.0136. The summed E-state index contributed by atoms with van der Waals surface area (Å²) in [6, 6.07) is 1.70. The van der Waals surface area contributed by atoms with Crippen LogP contribution in [0.3, 0.4) is 0 Å². The van der Waals surface area contributed by atoms with Gasteiger partial charge in [0.15, 0.2) is 0 Å². The third kappa shape index (κ3) is 2.78. The van der Waals surface area contributed by atoms with Gasteiger partial charge < -0.3 is 10.5 Å². The van der Waals surface area contributed by atoms with Crippen LogP contribution in [0.1, 0.15) is 39.0 Å². The lowest BCUT2D eigenvalue weighted by Crippen LogP contribution is -2.57. The minimum Gasteiger partial charge on any atom is -0.381 e. The molecule has 3 aliphatic rings. The molecule has 4 N–H and O–H groups in total. The predicted octanol–water partition coefficient (Wildman–Crippen LogP) is 1.14. The molecule has 116 valence electrons. The Morgan fingerprint density at radius 1 is 1.20 bits per heavy atom. The Hall–Kier alpha value is 0.280. The van der Waals surface area contributed by atoms with Gasteiger partial charge in [-0.15, -0.1) is 0 Å². The van der Waals surface area contributed by atoms with E-state index in [2.05, 4.69) is 38.8 Å². The number of hydrazine groups is 2. The highest BCUT2D eigenvalue weighted by molar-refractivity contribution is 9.09. The molecule has 0 aromatic rings. The van der Waals surface area contributed by atoms with Crippen molar-refractivity contribution in [2.24, 2.45) is 11.7 Å². The molecule has 3 fully saturated rings. The number of halogens is 1. The summed E-state index contributed by atoms with van der Waals surface area (Å²) in [6.45, 7) is 2.25. The summed E-state index contributed by atoms with van der Waals surface area (Å²) >= 11 is 3.80. The normalized spacial score (nSPS) is 50.1. The van der Waals surface area contributed by atoms with E-state index in [1.165, 1.54) is 12.8 Å². The number of ether oxygens (including phenoxy) is 1. The highest BCUT2D eigenvalue weighted by atomic mass is 79.9. The maximum atomic E-state index is 6.29. The van der Waals surface area contributed by atoms with Crippen molar-refractivity contribution in [2.75, 3.05) is 7.11 Å². The highest BCUT2D eigenvalue weighted by Crippen LogP contribution is 2.33. The highest BCUT2D eigenvalue weighted by Gasteiger charge is 2.46. The van der Waals surface area contributed by atoms with Gasteiger partial charge in [-0.05, 0) is 38.0 Å². The third-order valence-electron chi connectivity index (χ3n) is 5.36. The molecule has 0 spiro atoms. The fourth-order valence-electron chi connectivity index (χ4n) is 3.90. The number of alkyl halides is 1. The van der Waals surface area contributed by atoms with Gasteiger partial charge in [-0.25, -0.2) is 10.9 Å². The summed E-state index contributed by atoms with van der Waals surface area (Å²) in [5.74, 6) is 0.555. The molecule has 1 saturated heterocycles. The van der Waals surface area contributed by atoms with Crippen LogP contribution in [-0.4, -0.2) is 47.3 Å². The van der Waals surface area contributed by atoms with Gasteiger partial charge in [-0.2, -0.15) is 5.12 Å². The van der Waals surface area contributed by atoms with Crippen molar-refractivity contribution in [3.05, 3.63) is 0 Å². The molecule has 3 rings (SSSR count). The van der Waals surface area contributed by atoms with Crippen LogP contribution in [0.2, 0.25) is 0 Å². The van der Waals surface area contributed by atoms with Crippen molar-refractivity contribution in [1.82, 2.24) is 16.0 Å². The van der Waals surface area contributed by atoms with Crippen molar-refractivity contribution in [2.45, 2.75) is 74.1 Å². The van der Waals surface area contributed by atoms with Crippen LogP contribution in [-0.2, 0) is 4.74 Å². The number of fused-ring (bicyclic) bond motifs is 1. The van der Waals surface area contributed by atoms with Gasteiger partial charge in [0, 0.05) is 30.1 Å². The van der Waals surface area contributed by atoms with E-state index in [0.717, 1.165) is 19.3 Å². The Bertz CT molecular complexity index is 337. The molecule has 6 heteroatoms. The topological polar surface area (TPSA) is 62.5 Å². The molecule has 0 aromatic carbocycles. The Morgan fingerprint density at radius 3 is 2.55 bits per heavy atom. The van der Waals surface area contributed by atoms with Gasteiger partial charge in [0.25, 0.3) is 0 Å². The van der Waals surface area contributed by atoms with Crippen LogP contribution in [0, 0.1) is 5.92 Å². The SMILES string of the molecule is COC1CCC(N2NC3CC(C)C(N)C(Br)C3N2)CC1. The van der Waals surface area contributed by atoms with Crippen LogP contribution in [0.5, 0.6) is 0 Å². The molecule has 0 bridgehead atoms. The predicted molar refractivity (Wildman–Crippen MR) is 83.2 cm³/mol. The molecular weight excluding hydrogens is 320 g/mol. The van der Waals surface area contributed by atoms with Crippen LogP contribution in [0.15, 0.2) is 0 Å². The van der Waals surface area contributed by atoms with E-state index in [9.17, 15) is 0 Å². The summed E-state index contributed by atoms with van der Waals surface area (Å²) in [6.07, 6.45) is 6.28. The van der Waals surface area contributed by atoms with Gasteiger partial charge in [0.2, 0.25) is 0 Å². The van der Waals surface area contributed by atoms with E-state index in [1.54, 1.807) is 0 Å². The largest absolute Gasteiger partial charge is 0.381 e. The average molecular weight is 347 g/mol. The number of nitrogens with zero attached hydrogens (tertiary/aromatic N) is 1. The zero-order valence-corrected chi connectivity index (χ0v) is 14.0. The number of nitrogens with one attached hydrogen (secondary N) is 2. The number of rotatable bonds is 2. The van der Waals surface area contributed by atoms with Crippen molar-refractivity contribution in [1.29, 1.82) is 0 Å². The number of hydrogen-bond donors (Lipinski definition) is 3. The van der Waals surface area contributed by atoms with Gasteiger partial charge in [0.1, 0.15) is 0 Å². The first-order chi connectivity index (χ1) is 9.60. The standard InChI is InChI=1S/C14H27BrN4O/c1-8-7-11-14(12(15)13(8)16)18-19(17-11)9-3-5-10(20-2)6-4-9/h8-14,17-18H,3-7,16H2,1-2H3. The van der Waals surface area contributed by atoms with E-state index < -0.39 is 0 Å². The molecule has 1 aliphatic heterocycles. The van der Waals surface area contributed by atoms with Crippen LogP contribution < -0.4 is 16.6 Å². The lowest BCUT2D eigenvalue weighted by atomic mass is 9.81. The molecule has 0 amide bonds. The maximum absolute atomic E-state index is 6.29. The molecule has 1 heterocycles. The van der Waals surface area contributed by atoms with Crippen LogP contribution in [0.25, 0.3) is 0 Å². The monoisotopic (exact) mass is 346 g/mol. The van der Waals surface area contributed by atoms with E-state index in [-0.39, 0.29) is 6.04 Å². The summed E-state index contributed by atoms with van der Waals surface area (Å²) in [4.78, 5) is 0.337. The number of nitrogens with two attached hydrogens (primary N) is 1. The first-order valence-corrected chi connectivity index (χ1v) is 8.75. The molecule has 2 saturated carbocycles. The zero-order chi connectivity index (χ0) is 14.3. The molecule has 0 radical (unpaired) electrons. The molecule has 5 unspecified atom stereocenters. The molecule has 0 aromatic heterocycles. The van der Waals surface area contributed by atoms with E-state index >= 15 is 0 Å². The van der Waals surface area contributed by atoms with E-state index in [1.807, 2.05) is 7.11 Å². The number of hydrogen-bond acceptors (Lipinski definition) is 5. The summed E-state index contributed by atoms with van der Waals surface area (Å²) < 4.78 is 5.46. The maximum Gasteiger partial charge on any atom is 0.0572 e. The fourth-order valence-corrected chi connectivity index (χ4v) is 4.91. The van der Waals surface area contributed by atoms with Crippen LogP contribution in [0.4, 0.5) is 0 Å².